The van der Waals surface area contributed by atoms with Crippen molar-refractivity contribution in [2.45, 2.75) is 25.9 Å². The normalized spacial score (nSPS) is 12.5. The van der Waals surface area contributed by atoms with Gasteiger partial charge in [0, 0.05) is 6.54 Å². The van der Waals surface area contributed by atoms with Gasteiger partial charge in [-0.05, 0) is 50.7 Å². The molecule has 0 saturated heterocycles. The molecular weight excluding hydrogens is 312 g/mol. The molecular formula is C20H24N4O. The highest BCUT2D eigenvalue weighted by Crippen LogP contribution is 2.14. The van der Waals surface area contributed by atoms with Crippen LogP contribution in [0, 0.1) is 6.92 Å². The van der Waals surface area contributed by atoms with Crippen LogP contribution in [0.15, 0.2) is 48.5 Å². The van der Waals surface area contributed by atoms with Gasteiger partial charge in [0.25, 0.3) is 0 Å². The van der Waals surface area contributed by atoms with Gasteiger partial charge >= 0.3 is 0 Å². The number of aromatic nitrogens is 2. The van der Waals surface area contributed by atoms with Gasteiger partial charge in [-0.2, -0.15) is 0 Å². The molecule has 0 bridgehead atoms. The van der Waals surface area contributed by atoms with Gasteiger partial charge in [0.1, 0.15) is 5.82 Å². The second-order valence-electron chi connectivity index (χ2n) is 6.56. The van der Waals surface area contributed by atoms with Crippen molar-refractivity contribution in [1.82, 2.24) is 20.2 Å². The van der Waals surface area contributed by atoms with Gasteiger partial charge in [0.05, 0.1) is 17.1 Å². The highest BCUT2D eigenvalue weighted by molar-refractivity contribution is 5.82. The fourth-order valence-electron chi connectivity index (χ4n) is 2.95. The third-order valence-electron chi connectivity index (χ3n) is 4.33. The van der Waals surface area contributed by atoms with Crippen molar-refractivity contribution in [2.75, 3.05) is 14.1 Å². The smallest absolute Gasteiger partial charge is 0.237 e. The number of amides is 1. The monoisotopic (exact) mass is 336 g/mol. The predicted molar refractivity (Wildman–Crippen MR) is 100 cm³/mol. The molecule has 1 heterocycles. The van der Waals surface area contributed by atoms with Gasteiger partial charge in [-0.1, -0.05) is 36.4 Å². The minimum Gasteiger partial charge on any atom is -0.351 e. The van der Waals surface area contributed by atoms with Gasteiger partial charge in [-0.3, -0.25) is 9.69 Å². The zero-order chi connectivity index (χ0) is 17.8. The summed E-state index contributed by atoms with van der Waals surface area (Å²) < 4.78 is 0. The Hall–Kier alpha value is -2.66. The van der Waals surface area contributed by atoms with Crippen molar-refractivity contribution in [1.29, 1.82) is 0 Å². The first-order valence-electron chi connectivity index (χ1n) is 8.46. The van der Waals surface area contributed by atoms with Gasteiger partial charge in [-0.25, -0.2) is 4.98 Å². The summed E-state index contributed by atoms with van der Waals surface area (Å²) >= 11 is 0. The molecule has 0 aliphatic carbocycles. The lowest BCUT2D eigenvalue weighted by Gasteiger charge is -2.23. The Morgan fingerprint density at radius 2 is 1.92 bits per heavy atom. The summed E-state index contributed by atoms with van der Waals surface area (Å²) in [5.41, 5.74) is 4.16. The van der Waals surface area contributed by atoms with E-state index in [1.807, 2.05) is 62.3 Å². The highest BCUT2D eigenvalue weighted by Gasteiger charge is 2.20. The molecule has 0 saturated carbocycles. The second kappa shape index (κ2) is 7.49. The van der Waals surface area contributed by atoms with Crippen molar-refractivity contribution in [3.63, 3.8) is 0 Å². The summed E-state index contributed by atoms with van der Waals surface area (Å²) in [5, 5.41) is 3.06. The van der Waals surface area contributed by atoms with E-state index in [0.29, 0.717) is 13.0 Å². The quantitative estimate of drug-likeness (QED) is 0.727. The van der Waals surface area contributed by atoms with E-state index >= 15 is 0 Å². The van der Waals surface area contributed by atoms with Crippen LogP contribution >= 0.6 is 0 Å². The first-order chi connectivity index (χ1) is 12.0. The van der Waals surface area contributed by atoms with Crippen LogP contribution in [0.1, 0.15) is 17.0 Å². The molecule has 0 aliphatic heterocycles. The van der Waals surface area contributed by atoms with Gasteiger partial charge in [0.15, 0.2) is 0 Å². The van der Waals surface area contributed by atoms with Crippen LogP contribution in [0.2, 0.25) is 0 Å². The van der Waals surface area contributed by atoms with Crippen LogP contribution < -0.4 is 5.32 Å². The Labute approximate surface area is 148 Å². The fraction of sp³-hybridized carbons (Fsp3) is 0.300. The number of benzene rings is 2. The van der Waals surface area contributed by atoms with E-state index in [-0.39, 0.29) is 11.9 Å². The van der Waals surface area contributed by atoms with E-state index in [0.717, 1.165) is 28.0 Å². The third-order valence-corrected chi connectivity index (χ3v) is 4.33. The number of H-pyrrole nitrogens is 1. The van der Waals surface area contributed by atoms with Crippen molar-refractivity contribution < 1.29 is 4.79 Å². The minimum absolute atomic E-state index is 0.0368. The topological polar surface area (TPSA) is 61.0 Å². The van der Waals surface area contributed by atoms with Gasteiger partial charge in [0.2, 0.25) is 5.91 Å². The maximum atomic E-state index is 12.7. The van der Waals surface area contributed by atoms with Crippen molar-refractivity contribution in [3.8, 4) is 0 Å². The number of aryl methyl sites for hydroxylation is 1. The molecule has 0 spiro atoms. The van der Waals surface area contributed by atoms with E-state index in [2.05, 4.69) is 27.4 Å². The average molecular weight is 336 g/mol. The zero-order valence-electron chi connectivity index (χ0n) is 14.9. The highest BCUT2D eigenvalue weighted by atomic mass is 16.2. The number of imidazole rings is 1. The molecule has 25 heavy (non-hydrogen) atoms. The number of rotatable bonds is 6. The standard InChI is InChI=1S/C20H24N4O/c1-14-22-17-10-9-16(11-18(17)23-14)13-21-20(25)19(24(2)3)12-15-7-5-4-6-8-15/h4-11,19H,12-13H2,1-3H3,(H,21,25)(H,22,23)/t19-/m0/s1. The van der Waals surface area contributed by atoms with Crippen LogP contribution in [0.25, 0.3) is 11.0 Å². The summed E-state index contributed by atoms with van der Waals surface area (Å²) in [6, 6.07) is 15.9. The zero-order valence-corrected chi connectivity index (χ0v) is 14.9. The second-order valence-corrected chi connectivity index (χ2v) is 6.56. The molecule has 1 aromatic heterocycles. The number of carbonyl (C=O) groups excluding carboxylic acids is 1. The molecule has 0 aliphatic rings. The molecule has 1 atom stereocenters. The Bertz CT molecular complexity index is 855. The Morgan fingerprint density at radius 3 is 2.64 bits per heavy atom. The summed E-state index contributed by atoms with van der Waals surface area (Å²) in [7, 11) is 3.87. The molecule has 0 fully saturated rings. The summed E-state index contributed by atoms with van der Waals surface area (Å²) in [6.07, 6.45) is 0.693. The number of nitrogens with zero attached hydrogens (tertiary/aromatic N) is 2. The Balaban J connectivity index is 1.66. The molecule has 0 radical (unpaired) electrons. The SMILES string of the molecule is Cc1nc2ccc(CNC(=O)[C@H](Cc3ccccc3)N(C)C)cc2[nH]1. The largest absolute Gasteiger partial charge is 0.351 e. The number of likely N-dealkylation sites (N-methyl/N-ethyl adjacent to an activating group) is 1. The third kappa shape index (κ3) is 4.25. The summed E-state index contributed by atoms with van der Waals surface area (Å²) in [5.74, 6) is 0.932. The Morgan fingerprint density at radius 1 is 1.16 bits per heavy atom. The lowest BCUT2D eigenvalue weighted by Crippen LogP contribution is -2.44. The molecule has 3 aromatic rings. The molecule has 5 nitrogen and oxygen atoms in total. The molecule has 2 N–H and O–H groups in total. The number of fused-ring (bicyclic) bond motifs is 1. The van der Waals surface area contributed by atoms with Crippen molar-refractivity contribution in [3.05, 3.63) is 65.5 Å². The predicted octanol–water partition coefficient (Wildman–Crippen LogP) is 2.66. The molecule has 130 valence electrons. The molecule has 2 aromatic carbocycles. The van der Waals surface area contributed by atoms with E-state index < -0.39 is 0 Å². The molecule has 1 amide bonds. The average Bonchev–Trinajstić information content (AvgIpc) is 2.97. The van der Waals surface area contributed by atoms with E-state index in [9.17, 15) is 4.79 Å². The Kier molecular flexibility index (Phi) is 5.14. The van der Waals surface area contributed by atoms with E-state index in [1.54, 1.807) is 0 Å². The van der Waals surface area contributed by atoms with E-state index in [1.165, 1.54) is 0 Å². The van der Waals surface area contributed by atoms with Gasteiger partial charge in [-0.15, -0.1) is 0 Å². The number of hydrogen-bond donors (Lipinski definition) is 2. The van der Waals surface area contributed by atoms with Crippen molar-refractivity contribution >= 4 is 16.9 Å². The van der Waals surface area contributed by atoms with Crippen LogP contribution in [0.4, 0.5) is 0 Å². The van der Waals surface area contributed by atoms with Crippen LogP contribution in [-0.2, 0) is 17.8 Å². The van der Waals surface area contributed by atoms with Crippen LogP contribution in [0.5, 0.6) is 0 Å². The number of carbonyl (C=O) groups is 1. The van der Waals surface area contributed by atoms with Crippen molar-refractivity contribution in [2.24, 2.45) is 0 Å². The van der Waals surface area contributed by atoms with E-state index in [4.69, 9.17) is 0 Å². The molecule has 5 heteroatoms. The first-order valence-corrected chi connectivity index (χ1v) is 8.46. The molecule has 0 unspecified atom stereocenters. The number of nitrogens with one attached hydrogen (secondary N) is 2. The minimum atomic E-state index is -0.194. The first kappa shape index (κ1) is 17.2. The lowest BCUT2D eigenvalue weighted by atomic mass is 10.0. The lowest BCUT2D eigenvalue weighted by molar-refractivity contribution is -0.125. The summed E-state index contributed by atoms with van der Waals surface area (Å²) in [6.45, 7) is 2.44. The maximum Gasteiger partial charge on any atom is 0.237 e. The van der Waals surface area contributed by atoms with Gasteiger partial charge < -0.3 is 10.3 Å². The van der Waals surface area contributed by atoms with Crippen LogP contribution in [0.3, 0.4) is 0 Å². The number of aromatic amines is 1. The van der Waals surface area contributed by atoms with Crippen LogP contribution in [-0.4, -0.2) is 40.9 Å². The maximum absolute atomic E-state index is 12.7. The summed E-state index contributed by atoms with van der Waals surface area (Å²) in [4.78, 5) is 22.2. The number of hydrogen-bond acceptors (Lipinski definition) is 3. The molecule has 3 rings (SSSR count). The fourth-order valence-corrected chi connectivity index (χ4v) is 2.95.